The SMILES string of the molecule is CNC(=O)c1ccc(CN(C)C(=O)CS[C@H]2CCS(=O)(=O)C2)cc1. The summed E-state index contributed by atoms with van der Waals surface area (Å²) in [5.74, 6) is 0.517. The Bertz CT molecular complexity index is 701. The number of hydrogen-bond acceptors (Lipinski definition) is 5. The summed E-state index contributed by atoms with van der Waals surface area (Å²) in [5, 5.41) is 2.59. The van der Waals surface area contributed by atoms with Gasteiger partial charge in [-0.1, -0.05) is 12.1 Å². The molecule has 0 radical (unpaired) electrons. The van der Waals surface area contributed by atoms with Crippen LogP contribution in [0.25, 0.3) is 0 Å². The molecule has 6 nitrogen and oxygen atoms in total. The van der Waals surface area contributed by atoms with Crippen LogP contribution in [0, 0.1) is 0 Å². The number of amides is 2. The highest BCUT2D eigenvalue weighted by Crippen LogP contribution is 2.24. The Morgan fingerprint density at radius 1 is 1.29 bits per heavy atom. The van der Waals surface area contributed by atoms with Gasteiger partial charge < -0.3 is 10.2 Å². The molecule has 1 atom stereocenters. The van der Waals surface area contributed by atoms with E-state index in [4.69, 9.17) is 0 Å². The number of carbonyl (C=O) groups is 2. The molecular weight excluding hydrogens is 348 g/mol. The van der Waals surface area contributed by atoms with Gasteiger partial charge in [0.25, 0.3) is 5.91 Å². The summed E-state index contributed by atoms with van der Waals surface area (Å²) in [4.78, 5) is 25.3. The molecule has 1 heterocycles. The van der Waals surface area contributed by atoms with Gasteiger partial charge >= 0.3 is 0 Å². The van der Waals surface area contributed by atoms with Crippen LogP contribution >= 0.6 is 11.8 Å². The van der Waals surface area contributed by atoms with E-state index in [1.54, 1.807) is 31.1 Å². The average Bonchev–Trinajstić information content (AvgIpc) is 2.91. The molecule has 0 saturated carbocycles. The zero-order valence-corrected chi connectivity index (χ0v) is 15.5. The van der Waals surface area contributed by atoms with Crippen LogP contribution in [0.5, 0.6) is 0 Å². The lowest BCUT2D eigenvalue weighted by atomic mass is 10.1. The van der Waals surface area contributed by atoms with Crippen molar-refractivity contribution in [2.24, 2.45) is 0 Å². The summed E-state index contributed by atoms with van der Waals surface area (Å²) in [5.41, 5.74) is 1.51. The minimum absolute atomic E-state index is 0.0270. The van der Waals surface area contributed by atoms with Crippen molar-refractivity contribution >= 4 is 33.4 Å². The van der Waals surface area contributed by atoms with Crippen LogP contribution in [0.4, 0.5) is 0 Å². The van der Waals surface area contributed by atoms with Crippen LogP contribution in [0.15, 0.2) is 24.3 Å². The number of benzene rings is 1. The predicted molar refractivity (Wildman–Crippen MR) is 95.8 cm³/mol. The molecule has 1 aromatic rings. The Morgan fingerprint density at radius 3 is 2.50 bits per heavy atom. The molecule has 8 heteroatoms. The number of nitrogens with zero attached hydrogens (tertiary/aromatic N) is 1. The Hall–Kier alpha value is -1.54. The molecule has 1 aliphatic heterocycles. The van der Waals surface area contributed by atoms with Crippen LogP contribution in [0.2, 0.25) is 0 Å². The molecule has 24 heavy (non-hydrogen) atoms. The fraction of sp³-hybridized carbons (Fsp3) is 0.500. The van der Waals surface area contributed by atoms with Gasteiger partial charge in [-0.2, -0.15) is 0 Å². The first-order valence-electron chi connectivity index (χ1n) is 7.68. The van der Waals surface area contributed by atoms with Crippen molar-refractivity contribution < 1.29 is 18.0 Å². The zero-order valence-electron chi connectivity index (χ0n) is 13.8. The molecule has 2 rings (SSSR count). The van der Waals surface area contributed by atoms with Crippen LogP contribution in [0.1, 0.15) is 22.3 Å². The molecule has 1 saturated heterocycles. The second-order valence-electron chi connectivity index (χ2n) is 5.86. The molecule has 1 aromatic carbocycles. The molecule has 1 fully saturated rings. The van der Waals surface area contributed by atoms with Crippen molar-refractivity contribution in [3.63, 3.8) is 0 Å². The molecule has 0 bridgehead atoms. The van der Waals surface area contributed by atoms with E-state index in [0.717, 1.165) is 5.56 Å². The smallest absolute Gasteiger partial charge is 0.251 e. The first-order chi connectivity index (χ1) is 11.3. The summed E-state index contributed by atoms with van der Waals surface area (Å²) in [6.07, 6.45) is 0.630. The van der Waals surface area contributed by atoms with Crippen LogP contribution in [0.3, 0.4) is 0 Å². The Labute approximate surface area is 146 Å². The third-order valence-corrected chi connectivity index (χ3v) is 7.19. The van der Waals surface area contributed by atoms with E-state index in [-0.39, 0.29) is 34.3 Å². The lowest BCUT2D eigenvalue weighted by Crippen LogP contribution is -2.28. The number of nitrogens with one attached hydrogen (secondary N) is 1. The zero-order chi connectivity index (χ0) is 17.7. The first-order valence-corrected chi connectivity index (χ1v) is 10.5. The Morgan fingerprint density at radius 2 is 1.96 bits per heavy atom. The fourth-order valence-corrected chi connectivity index (χ4v) is 6.04. The summed E-state index contributed by atoms with van der Waals surface area (Å²) in [7, 11) is 0.399. The van der Waals surface area contributed by atoms with Gasteiger partial charge in [-0.3, -0.25) is 9.59 Å². The number of rotatable bonds is 6. The normalized spacial score (nSPS) is 19.0. The van der Waals surface area contributed by atoms with Crippen LogP contribution in [-0.2, 0) is 21.2 Å². The highest BCUT2D eigenvalue weighted by molar-refractivity contribution is 8.02. The molecule has 132 valence electrons. The van der Waals surface area contributed by atoms with E-state index < -0.39 is 9.84 Å². The second kappa shape index (κ2) is 8.02. The average molecular weight is 370 g/mol. The third kappa shape index (κ3) is 5.24. The van der Waals surface area contributed by atoms with Gasteiger partial charge in [-0.25, -0.2) is 8.42 Å². The van der Waals surface area contributed by atoms with E-state index >= 15 is 0 Å². The molecule has 0 aliphatic carbocycles. The Balaban J connectivity index is 1.82. The number of hydrogen-bond donors (Lipinski definition) is 1. The summed E-state index contributed by atoms with van der Waals surface area (Å²) >= 11 is 1.42. The van der Waals surface area contributed by atoms with Gasteiger partial charge in [0, 0.05) is 31.5 Å². The lowest BCUT2D eigenvalue weighted by Gasteiger charge is -2.18. The van der Waals surface area contributed by atoms with E-state index in [0.29, 0.717) is 18.5 Å². The van der Waals surface area contributed by atoms with Crippen molar-refractivity contribution in [2.75, 3.05) is 31.4 Å². The number of thioether (sulfide) groups is 1. The maximum Gasteiger partial charge on any atom is 0.251 e. The molecule has 1 N–H and O–H groups in total. The van der Waals surface area contributed by atoms with Gasteiger partial charge in [0.15, 0.2) is 9.84 Å². The van der Waals surface area contributed by atoms with Crippen molar-refractivity contribution in [2.45, 2.75) is 18.2 Å². The number of carbonyl (C=O) groups excluding carboxylic acids is 2. The summed E-state index contributed by atoms with van der Waals surface area (Å²) < 4.78 is 22.8. The maximum absolute atomic E-state index is 12.2. The third-order valence-electron chi connectivity index (χ3n) is 3.92. The molecular formula is C16H22N2O4S2. The maximum atomic E-state index is 12.2. The van der Waals surface area contributed by atoms with Gasteiger partial charge in [0.1, 0.15) is 0 Å². The molecule has 0 spiro atoms. The largest absolute Gasteiger partial charge is 0.355 e. The van der Waals surface area contributed by atoms with Crippen molar-refractivity contribution in [1.82, 2.24) is 10.2 Å². The van der Waals surface area contributed by atoms with Crippen LogP contribution in [-0.4, -0.2) is 61.7 Å². The lowest BCUT2D eigenvalue weighted by molar-refractivity contribution is -0.127. The minimum atomic E-state index is -2.90. The molecule has 0 aromatic heterocycles. The van der Waals surface area contributed by atoms with E-state index in [1.807, 2.05) is 12.1 Å². The standard InChI is InChI=1S/C16H22N2O4S2/c1-17-16(20)13-5-3-12(4-6-13)9-18(2)15(19)10-23-14-7-8-24(21,22)11-14/h3-6,14H,7-11H2,1-2H3,(H,17,20)/t14-/m0/s1. The number of sulfone groups is 1. The van der Waals surface area contributed by atoms with Crippen molar-refractivity contribution in [3.05, 3.63) is 35.4 Å². The monoisotopic (exact) mass is 370 g/mol. The van der Waals surface area contributed by atoms with Gasteiger partial charge in [0.2, 0.25) is 5.91 Å². The van der Waals surface area contributed by atoms with E-state index in [9.17, 15) is 18.0 Å². The molecule has 1 aliphatic rings. The highest BCUT2D eigenvalue weighted by atomic mass is 32.2. The van der Waals surface area contributed by atoms with Gasteiger partial charge in [-0.05, 0) is 24.1 Å². The van der Waals surface area contributed by atoms with Crippen molar-refractivity contribution in [3.8, 4) is 0 Å². The first kappa shape index (κ1) is 18.8. The molecule has 0 unspecified atom stereocenters. The van der Waals surface area contributed by atoms with Gasteiger partial charge in [-0.15, -0.1) is 11.8 Å². The van der Waals surface area contributed by atoms with Crippen molar-refractivity contribution in [1.29, 1.82) is 0 Å². The van der Waals surface area contributed by atoms with Crippen LogP contribution < -0.4 is 5.32 Å². The highest BCUT2D eigenvalue weighted by Gasteiger charge is 2.28. The van der Waals surface area contributed by atoms with E-state index in [1.165, 1.54) is 11.8 Å². The summed E-state index contributed by atoms with van der Waals surface area (Å²) in [6, 6.07) is 7.10. The topological polar surface area (TPSA) is 83.6 Å². The molecule has 2 amide bonds. The second-order valence-corrected chi connectivity index (χ2v) is 9.38. The predicted octanol–water partition coefficient (Wildman–Crippen LogP) is 0.925. The van der Waals surface area contributed by atoms with E-state index in [2.05, 4.69) is 5.32 Å². The fourth-order valence-electron chi connectivity index (χ4n) is 2.46. The minimum Gasteiger partial charge on any atom is -0.355 e. The van der Waals surface area contributed by atoms with Gasteiger partial charge in [0.05, 0.1) is 17.3 Å². The quantitative estimate of drug-likeness (QED) is 0.805. The Kier molecular flexibility index (Phi) is 6.28. The summed E-state index contributed by atoms with van der Waals surface area (Å²) in [6.45, 7) is 0.455.